The number of aromatic nitrogens is 2. The van der Waals surface area contributed by atoms with Crippen molar-refractivity contribution in [3.63, 3.8) is 0 Å². The molecule has 0 aliphatic rings. The predicted octanol–water partition coefficient (Wildman–Crippen LogP) is 5.75. The van der Waals surface area contributed by atoms with Gasteiger partial charge in [0.05, 0.1) is 23.8 Å². The van der Waals surface area contributed by atoms with Gasteiger partial charge in [0.15, 0.2) is 0 Å². The standard InChI is InChI=1S/C24H23N3O2S/c1-29-17-12-14-18(15-13-17)30-16-6-11-23(28)25-20-8-3-2-7-19(20)24-26-21-9-4-5-10-22(21)27-24/h2-5,7-10,12-15H,6,11,16H2,1H3,(H,25,28)(H,26,27). The Morgan fingerprint density at radius 1 is 1.03 bits per heavy atom. The van der Waals surface area contributed by atoms with Crippen LogP contribution in [0.2, 0.25) is 0 Å². The summed E-state index contributed by atoms with van der Waals surface area (Å²) in [5.41, 5.74) is 3.53. The molecular weight excluding hydrogens is 394 g/mol. The fourth-order valence-electron chi connectivity index (χ4n) is 3.19. The van der Waals surface area contributed by atoms with Crippen LogP contribution in [0.1, 0.15) is 12.8 Å². The van der Waals surface area contributed by atoms with Crippen LogP contribution in [0.3, 0.4) is 0 Å². The number of nitrogens with zero attached hydrogens (tertiary/aromatic N) is 1. The van der Waals surface area contributed by atoms with E-state index in [1.165, 1.54) is 4.90 Å². The number of hydrogen-bond donors (Lipinski definition) is 2. The van der Waals surface area contributed by atoms with E-state index < -0.39 is 0 Å². The van der Waals surface area contributed by atoms with Gasteiger partial charge in [-0.05, 0) is 60.7 Å². The molecule has 1 aromatic heterocycles. The average Bonchev–Trinajstić information content (AvgIpc) is 3.21. The second kappa shape index (κ2) is 9.50. The van der Waals surface area contributed by atoms with Gasteiger partial charge in [-0.25, -0.2) is 4.98 Å². The van der Waals surface area contributed by atoms with Crippen molar-refractivity contribution in [2.45, 2.75) is 17.7 Å². The highest BCUT2D eigenvalue weighted by Gasteiger charge is 2.11. The first-order chi connectivity index (χ1) is 14.7. The van der Waals surface area contributed by atoms with Gasteiger partial charge in [0, 0.05) is 16.9 Å². The lowest BCUT2D eigenvalue weighted by atomic mass is 10.1. The number of nitrogens with one attached hydrogen (secondary N) is 2. The summed E-state index contributed by atoms with van der Waals surface area (Å²) in [6, 6.07) is 23.6. The average molecular weight is 418 g/mol. The Hall–Kier alpha value is -3.25. The number of para-hydroxylation sites is 3. The summed E-state index contributed by atoms with van der Waals surface area (Å²) >= 11 is 1.74. The molecule has 152 valence electrons. The Morgan fingerprint density at radius 2 is 1.80 bits per heavy atom. The number of H-pyrrole nitrogens is 1. The van der Waals surface area contributed by atoms with Gasteiger partial charge in [-0.1, -0.05) is 24.3 Å². The van der Waals surface area contributed by atoms with Crippen LogP contribution in [0.5, 0.6) is 5.75 Å². The molecule has 0 saturated carbocycles. The zero-order chi connectivity index (χ0) is 20.8. The number of rotatable bonds is 8. The van der Waals surface area contributed by atoms with Crippen LogP contribution in [0.15, 0.2) is 77.7 Å². The minimum absolute atomic E-state index is 0.00823. The molecular formula is C24H23N3O2S. The van der Waals surface area contributed by atoms with Crippen LogP contribution in [0, 0.1) is 0 Å². The predicted molar refractivity (Wildman–Crippen MR) is 123 cm³/mol. The van der Waals surface area contributed by atoms with E-state index in [0.29, 0.717) is 6.42 Å². The van der Waals surface area contributed by atoms with Crippen LogP contribution in [-0.4, -0.2) is 28.7 Å². The first kappa shape index (κ1) is 20.0. The van der Waals surface area contributed by atoms with Crippen molar-refractivity contribution in [1.29, 1.82) is 0 Å². The van der Waals surface area contributed by atoms with Gasteiger partial charge in [0.25, 0.3) is 0 Å². The molecule has 0 aliphatic carbocycles. The molecule has 0 fully saturated rings. The van der Waals surface area contributed by atoms with E-state index >= 15 is 0 Å². The molecule has 0 aliphatic heterocycles. The van der Waals surface area contributed by atoms with E-state index in [0.717, 1.165) is 46.0 Å². The fraction of sp³-hybridized carbons (Fsp3) is 0.167. The quantitative estimate of drug-likeness (QED) is 0.283. The van der Waals surface area contributed by atoms with Crippen molar-refractivity contribution in [3.05, 3.63) is 72.8 Å². The molecule has 2 N–H and O–H groups in total. The van der Waals surface area contributed by atoms with Crippen LogP contribution >= 0.6 is 11.8 Å². The Morgan fingerprint density at radius 3 is 2.60 bits per heavy atom. The highest BCUT2D eigenvalue weighted by atomic mass is 32.2. The summed E-state index contributed by atoms with van der Waals surface area (Å²) in [5.74, 6) is 2.49. The highest BCUT2D eigenvalue weighted by Crippen LogP contribution is 2.28. The van der Waals surface area contributed by atoms with Gasteiger partial charge in [-0.15, -0.1) is 11.8 Å². The van der Waals surface area contributed by atoms with Crippen molar-refractivity contribution < 1.29 is 9.53 Å². The third-order valence-electron chi connectivity index (χ3n) is 4.72. The van der Waals surface area contributed by atoms with Crippen molar-refractivity contribution in [2.24, 2.45) is 0 Å². The molecule has 1 amide bonds. The Balaban J connectivity index is 1.34. The number of imidazole rings is 1. The van der Waals surface area contributed by atoms with Crippen LogP contribution < -0.4 is 10.1 Å². The number of ether oxygens (including phenoxy) is 1. The Labute approximate surface area is 179 Å². The van der Waals surface area contributed by atoms with Crippen molar-refractivity contribution in [3.8, 4) is 17.1 Å². The summed E-state index contributed by atoms with van der Waals surface area (Å²) in [7, 11) is 1.66. The third kappa shape index (κ3) is 4.83. The monoisotopic (exact) mass is 417 g/mol. The van der Waals surface area contributed by atoms with E-state index in [9.17, 15) is 4.79 Å². The lowest BCUT2D eigenvalue weighted by Crippen LogP contribution is -2.12. The molecule has 0 atom stereocenters. The van der Waals surface area contributed by atoms with Gasteiger partial charge in [0.1, 0.15) is 11.6 Å². The minimum Gasteiger partial charge on any atom is -0.497 e. The van der Waals surface area contributed by atoms with Gasteiger partial charge < -0.3 is 15.0 Å². The van der Waals surface area contributed by atoms with Crippen molar-refractivity contribution in [1.82, 2.24) is 9.97 Å². The number of thioether (sulfide) groups is 1. The maximum absolute atomic E-state index is 12.5. The zero-order valence-electron chi connectivity index (χ0n) is 16.7. The molecule has 1 heterocycles. The molecule has 4 aromatic rings. The lowest BCUT2D eigenvalue weighted by Gasteiger charge is -2.09. The molecule has 4 rings (SSSR count). The maximum atomic E-state index is 12.5. The number of benzene rings is 3. The zero-order valence-corrected chi connectivity index (χ0v) is 17.5. The highest BCUT2D eigenvalue weighted by molar-refractivity contribution is 7.99. The summed E-state index contributed by atoms with van der Waals surface area (Å²) in [4.78, 5) is 21.7. The molecule has 3 aromatic carbocycles. The first-order valence-electron chi connectivity index (χ1n) is 9.84. The normalized spacial score (nSPS) is 10.8. The number of methoxy groups -OCH3 is 1. The number of fused-ring (bicyclic) bond motifs is 1. The first-order valence-corrected chi connectivity index (χ1v) is 10.8. The largest absolute Gasteiger partial charge is 0.497 e. The van der Waals surface area contributed by atoms with Crippen LogP contribution in [0.25, 0.3) is 22.4 Å². The molecule has 0 bridgehead atoms. The summed E-state index contributed by atoms with van der Waals surface area (Å²) in [6.45, 7) is 0. The maximum Gasteiger partial charge on any atom is 0.224 e. The summed E-state index contributed by atoms with van der Waals surface area (Å²) in [6.07, 6.45) is 1.27. The SMILES string of the molecule is COc1ccc(SCCCC(=O)Nc2ccccc2-c2nc3ccccc3[nH]2)cc1. The van der Waals surface area contributed by atoms with Crippen molar-refractivity contribution >= 4 is 34.4 Å². The number of anilines is 1. The topological polar surface area (TPSA) is 67.0 Å². The van der Waals surface area contributed by atoms with Crippen molar-refractivity contribution in [2.75, 3.05) is 18.2 Å². The Bertz CT molecular complexity index is 1110. The Kier molecular flexibility index (Phi) is 6.35. The number of aromatic amines is 1. The van der Waals surface area contributed by atoms with E-state index in [-0.39, 0.29) is 5.91 Å². The molecule has 0 radical (unpaired) electrons. The third-order valence-corrected chi connectivity index (χ3v) is 5.82. The molecule has 6 heteroatoms. The number of carbonyl (C=O) groups is 1. The lowest BCUT2D eigenvalue weighted by molar-refractivity contribution is -0.116. The fourth-order valence-corrected chi connectivity index (χ4v) is 4.04. The summed E-state index contributed by atoms with van der Waals surface area (Å²) in [5, 5.41) is 3.04. The van der Waals surface area contributed by atoms with Gasteiger partial charge in [-0.2, -0.15) is 0 Å². The minimum atomic E-state index is 0.00823. The second-order valence-electron chi connectivity index (χ2n) is 6.82. The number of amides is 1. The summed E-state index contributed by atoms with van der Waals surface area (Å²) < 4.78 is 5.17. The molecule has 30 heavy (non-hydrogen) atoms. The molecule has 5 nitrogen and oxygen atoms in total. The van der Waals surface area contributed by atoms with Gasteiger partial charge >= 0.3 is 0 Å². The van der Waals surface area contributed by atoms with E-state index in [4.69, 9.17) is 4.74 Å². The van der Waals surface area contributed by atoms with Gasteiger partial charge in [-0.3, -0.25) is 4.79 Å². The number of hydrogen-bond acceptors (Lipinski definition) is 4. The second-order valence-corrected chi connectivity index (χ2v) is 7.99. The van der Waals surface area contributed by atoms with E-state index in [1.54, 1.807) is 18.9 Å². The van der Waals surface area contributed by atoms with E-state index in [2.05, 4.69) is 15.3 Å². The van der Waals surface area contributed by atoms with Crippen LogP contribution in [0.4, 0.5) is 5.69 Å². The van der Waals surface area contributed by atoms with E-state index in [1.807, 2.05) is 72.8 Å². The van der Waals surface area contributed by atoms with Gasteiger partial charge in [0.2, 0.25) is 5.91 Å². The molecule has 0 unspecified atom stereocenters. The number of carbonyl (C=O) groups excluding carboxylic acids is 1. The van der Waals surface area contributed by atoms with Crippen LogP contribution in [-0.2, 0) is 4.79 Å². The molecule has 0 spiro atoms. The molecule has 0 saturated heterocycles. The smallest absolute Gasteiger partial charge is 0.224 e.